The van der Waals surface area contributed by atoms with Crippen molar-refractivity contribution in [2.75, 3.05) is 0 Å². The molecule has 5 rings (SSSR count). The van der Waals surface area contributed by atoms with E-state index in [1.165, 1.54) is 23.5 Å². The first-order chi connectivity index (χ1) is 19.3. The zero-order valence-corrected chi connectivity index (χ0v) is 23.2. The highest BCUT2D eigenvalue weighted by molar-refractivity contribution is 7.90. The Morgan fingerprint density at radius 2 is 1.80 bits per heavy atom. The number of nitrogens with one attached hydrogen (secondary N) is 1. The lowest BCUT2D eigenvalue weighted by Gasteiger charge is -2.13. The number of aryl methyl sites for hydroxylation is 1. The van der Waals surface area contributed by atoms with E-state index in [1.54, 1.807) is 24.3 Å². The zero-order valence-electron chi connectivity index (χ0n) is 21.6. The number of hydrogen-bond acceptors (Lipinski definition) is 9. The minimum absolute atomic E-state index is 0.0740. The molecule has 9 nitrogen and oxygen atoms in total. The molecule has 1 amide bonds. The van der Waals surface area contributed by atoms with Crippen LogP contribution in [-0.4, -0.2) is 25.4 Å². The van der Waals surface area contributed by atoms with Crippen molar-refractivity contribution in [3.05, 3.63) is 102 Å². The predicted molar refractivity (Wildman–Crippen MR) is 155 cm³/mol. The molecule has 5 aromatic rings. The molecule has 2 atom stereocenters. The van der Waals surface area contributed by atoms with Gasteiger partial charge in [0.1, 0.15) is 17.6 Å². The number of carbonyl (C=O) groups is 1. The van der Waals surface area contributed by atoms with E-state index >= 15 is 0 Å². The predicted octanol–water partition coefficient (Wildman–Crippen LogP) is 6.17. The lowest BCUT2D eigenvalue weighted by atomic mass is 10.1. The molecule has 2 aromatic heterocycles. The van der Waals surface area contributed by atoms with Gasteiger partial charge in [-0.15, -0.1) is 5.11 Å². The third kappa shape index (κ3) is 6.50. The van der Waals surface area contributed by atoms with E-state index in [9.17, 15) is 13.2 Å². The van der Waals surface area contributed by atoms with E-state index in [-0.39, 0.29) is 10.9 Å². The van der Waals surface area contributed by atoms with Crippen LogP contribution in [0.2, 0.25) is 0 Å². The number of amides is 1. The van der Waals surface area contributed by atoms with Crippen LogP contribution < -0.4 is 10.5 Å². The molecule has 0 aliphatic carbocycles. The fraction of sp³-hybridized carbons (Fsp3) is 0.172. The van der Waals surface area contributed by atoms with Gasteiger partial charge in [-0.2, -0.15) is 5.11 Å². The Bertz CT molecular complexity index is 1730. The number of thiazole rings is 1. The number of carbonyl (C=O) groups excluding carboxylic acids is 1. The summed E-state index contributed by atoms with van der Waals surface area (Å²) in [5.41, 5.74) is 8.40. The molecule has 2 heterocycles. The van der Waals surface area contributed by atoms with Crippen LogP contribution in [0.5, 0.6) is 0 Å². The minimum atomic E-state index is -4.14. The molecule has 0 aliphatic heterocycles. The van der Waals surface area contributed by atoms with E-state index in [0.29, 0.717) is 35.1 Å². The van der Waals surface area contributed by atoms with Gasteiger partial charge in [-0.05, 0) is 61.7 Å². The van der Waals surface area contributed by atoms with E-state index in [0.717, 1.165) is 15.8 Å². The minimum Gasteiger partial charge on any atom is -0.459 e. The summed E-state index contributed by atoms with van der Waals surface area (Å²) >= 11 is 1.45. The van der Waals surface area contributed by atoms with Gasteiger partial charge in [-0.25, -0.2) is 18.1 Å². The molecule has 0 bridgehead atoms. The van der Waals surface area contributed by atoms with Crippen molar-refractivity contribution in [2.24, 2.45) is 16.0 Å². The highest BCUT2D eigenvalue weighted by Gasteiger charge is 2.23. The number of aromatic nitrogens is 1. The standard InChI is InChI=1S/C29H27N5O4S2/c1-19(32-33-29-31-24-12-5-6-13-27(24)39-29)25-16-17-26(38-25)21-10-7-11-22(18-21)40(36,37)34-28(35)23(30)15-14-20-8-3-2-4-9-20/h2-13,16-19,23H,14-15,30H2,1H3,(H,34,35). The topological polar surface area (TPSA) is 140 Å². The Labute approximate surface area is 235 Å². The van der Waals surface area contributed by atoms with Gasteiger partial charge in [0.15, 0.2) is 0 Å². The first-order valence-corrected chi connectivity index (χ1v) is 14.9. The lowest BCUT2D eigenvalue weighted by Crippen LogP contribution is -2.43. The molecule has 0 fully saturated rings. The Morgan fingerprint density at radius 1 is 1.02 bits per heavy atom. The summed E-state index contributed by atoms with van der Waals surface area (Å²) in [6, 6.07) is 25.7. The third-order valence-corrected chi connectivity index (χ3v) is 8.49. The maximum atomic E-state index is 13.0. The summed E-state index contributed by atoms with van der Waals surface area (Å²) in [6.45, 7) is 1.84. The number of nitrogens with zero attached hydrogens (tertiary/aromatic N) is 3. The number of hydrogen-bond donors (Lipinski definition) is 2. The Kier molecular flexibility index (Phi) is 8.15. The van der Waals surface area contributed by atoms with Crippen molar-refractivity contribution >= 4 is 42.6 Å². The number of furan rings is 1. The van der Waals surface area contributed by atoms with Crippen LogP contribution in [0.4, 0.5) is 5.13 Å². The van der Waals surface area contributed by atoms with Gasteiger partial charge in [0, 0.05) is 5.56 Å². The Balaban J connectivity index is 1.24. The lowest BCUT2D eigenvalue weighted by molar-refractivity contribution is -0.120. The van der Waals surface area contributed by atoms with Gasteiger partial charge in [0.25, 0.3) is 15.9 Å². The fourth-order valence-electron chi connectivity index (χ4n) is 4.01. The number of sulfonamides is 1. The molecule has 0 spiro atoms. The van der Waals surface area contributed by atoms with Gasteiger partial charge in [0.05, 0.1) is 21.2 Å². The number of rotatable bonds is 10. The molecule has 2 unspecified atom stereocenters. The van der Waals surface area contributed by atoms with E-state index in [1.807, 2.05) is 61.5 Å². The molecule has 0 aliphatic rings. The van der Waals surface area contributed by atoms with Gasteiger partial charge in [-0.3, -0.25) is 4.79 Å². The van der Waals surface area contributed by atoms with E-state index in [2.05, 4.69) is 19.9 Å². The maximum absolute atomic E-state index is 13.0. The molecule has 3 N–H and O–H groups in total. The number of nitrogens with two attached hydrogens (primary N) is 1. The van der Waals surface area contributed by atoms with Crippen molar-refractivity contribution < 1.29 is 17.6 Å². The molecule has 0 radical (unpaired) electrons. The second kappa shape index (κ2) is 11.9. The summed E-state index contributed by atoms with van der Waals surface area (Å²) in [6.07, 6.45) is 0.874. The second-order valence-electron chi connectivity index (χ2n) is 9.19. The molecule has 11 heteroatoms. The summed E-state index contributed by atoms with van der Waals surface area (Å²) in [5, 5.41) is 9.15. The summed E-state index contributed by atoms with van der Waals surface area (Å²) in [7, 11) is -4.14. The smallest absolute Gasteiger partial charge is 0.264 e. The van der Waals surface area contributed by atoms with Crippen molar-refractivity contribution in [1.29, 1.82) is 0 Å². The van der Waals surface area contributed by atoms with Crippen LogP contribution in [0.15, 0.2) is 111 Å². The summed E-state index contributed by atoms with van der Waals surface area (Å²) in [5.74, 6) is 0.264. The van der Waals surface area contributed by atoms with Crippen LogP contribution in [0, 0.1) is 0 Å². The van der Waals surface area contributed by atoms with Gasteiger partial charge in [0.2, 0.25) is 5.13 Å². The SMILES string of the molecule is CC(N=Nc1nc2ccccc2s1)c1ccc(-c2cccc(S(=O)(=O)NC(=O)C(N)CCc3ccccc3)c2)o1. The largest absolute Gasteiger partial charge is 0.459 e. The van der Waals surface area contributed by atoms with Gasteiger partial charge < -0.3 is 10.2 Å². The highest BCUT2D eigenvalue weighted by atomic mass is 32.2. The monoisotopic (exact) mass is 573 g/mol. The van der Waals surface area contributed by atoms with Gasteiger partial charge in [-0.1, -0.05) is 65.9 Å². The summed E-state index contributed by atoms with van der Waals surface area (Å²) in [4.78, 5) is 16.9. The molecule has 0 saturated carbocycles. The van der Waals surface area contributed by atoms with Crippen LogP contribution in [-0.2, 0) is 21.2 Å². The van der Waals surface area contributed by atoms with Crippen LogP contribution in [0.1, 0.15) is 30.7 Å². The molecule has 204 valence electrons. The molecular weight excluding hydrogens is 546 g/mol. The van der Waals surface area contributed by atoms with Crippen LogP contribution >= 0.6 is 11.3 Å². The van der Waals surface area contributed by atoms with Crippen molar-refractivity contribution in [3.63, 3.8) is 0 Å². The fourth-order valence-corrected chi connectivity index (χ4v) is 5.88. The second-order valence-corrected chi connectivity index (χ2v) is 11.9. The normalized spacial score (nSPS) is 13.4. The summed E-state index contributed by atoms with van der Waals surface area (Å²) < 4.78 is 35.0. The molecule has 3 aromatic carbocycles. The first kappa shape index (κ1) is 27.4. The molecule has 40 heavy (non-hydrogen) atoms. The first-order valence-electron chi connectivity index (χ1n) is 12.6. The van der Waals surface area contributed by atoms with Crippen molar-refractivity contribution in [3.8, 4) is 11.3 Å². The maximum Gasteiger partial charge on any atom is 0.264 e. The zero-order chi connectivity index (χ0) is 28.1. The van der Waals surface area contributed by atoms with Crippen molar-refractivity contribution in [1.82, 2.24) is 9.71 Å². The third-order valence-electron chi connectivity index (χ3n) is 6.23. The van der Waals surface area contributed by atoms with Crippen molar-refractivity contribution in [2.45, 2.75) is 36.7 Å². The Morgan fingerprint density at radius 3 is 2.60 bits per heavy atom. The van der Waals surface area contributed by atoms with E-state index < -0.39 is 22.0 Å². The Hall–Kier alpha value is -4.19. The number of para-hydroxylation sites is 1. The highest BCUT2D eigenvalue weighted by Crippen LogP contribution is 2.31. The molecular formula is C29H27N5O4S2. The molecule has 0 saturated heterocycles. The number of fused-ring (bicyclic) bond motifs is 1. The number of azo groups is 1. The number of benzene rings is 3. The van der Waals surface area contributed by atoms with Crippen LogP contribution in [0.3, 0.4) is 0 Å². The van der Waals surface area contributed by atoms with Crippen LogP contribution in [0.25, 0.3) is 21.5 Å². The van der Waals surface area contributed by atoms with E-state index in [4.69, 9.17) is 10.2 Å². The van der Waals surface area contributed by atoms with Gasteiger partial charge >= 0.3 is 0 Å². The average molecular weight is 574 g/mol. The quantitative estimate of drug-likeness (QED) is 0.192. The average Bonchev–Trinajstić information content (AvgIpc) is 3.63.